The first-order valence-electron chi connectivity index (χ1n) is 4.89. The molecule has 84 valence electrons. The van der Waals surface area contributed by atoms with Gasteiger partial charge < -0.3 is 5.32 Å². The normalized spacial score (nSPS) is 10.7. The van der Waals surface area contributed by atoms with Crippen LogP contribution in [0.4, 0.5) is 4.39 Å². The molecule has 1 aromatic heterocycles. The summed E-state index contributed by atoms with van der Waals surface area (Å²) in [5, 5.41) is 3.12. The van der Waals surface area contributed by atoms with Crippen LogP contribution in [0.15, 0.2) is 30.3 Å². The van der Waals surface area contributed by atoms with Crippen LogP contribution in [-0.4, -0.2) is 7.05 Å². The maximum atomic E-state index is 13.0. The second kappa shape index (κ2) is 5.25. The average molecular weight is 347 g/mol. The van der Waals surface area contributed by atoms with Gasteiger partial charge >= 0.3 is 0 Å². The molecule has 0 unspecified atom stereocenters. The summed E-state index contributed by atoms with van der Waals surface area (Å²) >= 11 is 3.91. The van der Waals surface area contributed by atoms with E-state index >= 15 is 0 Å². The van der Waals surface area contributed by atoms with Crippen molar-refractivity contribution in [3.8, 4) is 10.4 Å². The average Bonchev–Trinajstić information content (AvgIpc) is 2.67. The summed E-state index contributed by atoms with van der Waals surface area (Å²) in [6.45, 7) is 0.877. The Kier molecular flexibility index (Phi) is 3.94. The fraction of sp³-hybridized carbons (Fsp3) is 0.167. The number of thiophene rings is 1. The molecule has 0 saturated heterocycles. The van der Waals surface area contributed by atoms with Crippen LogP contribution in [0.2, 0.25) is 0 Å². The molecule has 0 aliphatic heterocycles. The van der Waals surface area contributed by atoms with E-state index in [0.717, 1.165) is 15.7 Å². The number of benzene rings is 1. The third kappa shape index (κ3) is 2.61. The zero-order valence-corrected chi connectivity index (χ0v) is 11.7. The smallest absolute Gasteiger partial charge is 0.124 e. The molecule has 0 amide bonds. The highest BCUT2D eigenvalue weighted by molar-refractivity contribution is 14.1. The lowest BCUT2D eigenvalue weighted by molar-refractivity contribution is 0.627. The number of rotatable bonds is 3. The Morgan fingerprint density at radius 1 is 1.31 bits per heavy atom. The maximum Gasteiger partial charge on any atom is 0.124 e. The van der Waals surface area contributed by atoms with E-state index in [2.05, 4.69) is 40.0 Å². The van der Waals surface area contributed by atoms with E-state index in [-0.39, 0.29) is 5.82 Å². The third-order valence-electron chi connectivity index (χ3n) is 2.21. The molecule has 2 aromatic rings. The number of hydrogen-bond donors (Lipinski definition) is 1. The van der Waals surface area contributed by atoms with E-state index in [0.29, 0.717) is 0 Å². The number of nitrogens with one attached hydrogen (secondary N) is 1. The van der Waals surface area contributed by atoms with Gasteiger partial charge in [-0.15, -0.1) is 11.3 Å². The standard InChI is InChI=1S/C12H11FINS/c1-15-7-9-3-5-12(16-9)10-4-2-8(13)6-11(10)14/h2-6,15H,7H2,1H3. The van der Waals surface area contributed by atoms with Crippen LogP contribution in [0, 0.1) is 9.39 Å². The molecule has 0 saturated carbocycles. The van der Waals surface area contributed by atoms with Crippen molar-refractivity contribution >= 4 is 33.9 Å². The van der Waals surface area contributed by atoms with Crippen LogP contribution in [0.1, 0.15) is 4.88 Å². The topological polar surface area (TPSA) is 12.0 Å². The summed E-state index contributed by atoms with van der Waals surface area (Å²) in [6.07, 6.45) is 0. The summed E-state index contributed by atoms with van der Waals surface area (Å²) in [4.78, 5) is 2.48. The Bertz CT molecular complexity index is 496. The molecule has 0 spiro atoms. The third-order valence-corrected chi connectivity index (χ3v) is 4.22. The van der Waals surface area contributed by atoms with Gasteiger partial charge in [-0.2, -0.15) is 0 Å². The second-order valence-electron chi connectivity index (χ2n) is 3.42. The summed E-state index contributed by atoms with van der Waals surface area (Å²) in [5.74, 6) is -0.180. The molecule has 4 heteroatoms. The van der Waals surface area contributed by atoms with Crippen molar-refractivity contribution in [2.75, 3.05) is 7.05 Å². The number of hydrogen-bond acceptors (Lipinski definition) is 2. The summed E-state index contributed by atoms with van der Waals surface area (Å²) in [7, 11) is 1.93. The molecule has 0 bridgehead atoms. The molecule has 0 atom stereocenters. The minimum atomic E-state index is -0.180. The van der Waals surface area contributed by atoms with Gasteiger partial charge in [0.15, 0.2) is 0 Å². The molecule has 1 heterocycles. The first-order valence-corrected chi connectivity index (χ1v) is 6.79. The van der Waals surface area contributed by atoms with Gasteiger partial charge in [0.1, 0.15) is 5.82 Å². The Hall–Kier alpha value is -0.460. The fourth-order valence-corrected chi connectivity index (χ4v) is 3.49. The van der Waals surface area contributed by atoms with E-state index in [1.807, 2.05) is 13.1 Å². The molecule has 1 aromatic carbocycles. The van der Waals surface area contributed by atoms with E-state index in [1.165, 1.54) is 15.8 Å². The molecule has 0 fully saturated rings. The second-order valence-corrected chi connectivity index (χ2v) is 5.75. The van der Waals surface area contributed by atoms with Crippen LogP contribution in [-0.2, 0) is 6.54 Å². The van der Waals surface area contributed by atoms with Crippen LogP contribution in [0.25, 0.3) is 10.4 Å². The molecule has 0 radical (unpaired) electrons. The molecular weight excluding hydrogens is 336 g/mol. The van der Waals surface area contributed by atoms with Crippen molar-refractivity contribution in [3.63, 3.8) is 0 Å². The molecule has 0 aliphatic rings. The SMILES string of the molecule is CNCc1ccc(-c2ccc(F)cc2I)s1. The highest BCUT2D eigenvalue weighted by Gasteiger charge is 2.07. The molecule has 0 aliphatic carbocycles. The summed E-state index contributed by atoms with van der Waals surface area (Å²) in [6, 6.07) is 9.11. The fourth-order valence-electron chi connectivity index (χ4n) is 1.48. The predicted molar refractivity (Wildman–Crippen MR) is 75.2 cm³/mol. The van der Waals surface area contributed by atoms with Gasteiger partial charge in [-0.05, 0) is 60.0 Å². The minimum Gasteiger partial charge on any atom is -0.315 e. The van der Waals surface area contributed by atoms with Gasteiger partial charge in [-0.1, -0.05) is 0 Å². The zero-order chi connectivity index (χ0) is 11.5. The summed E-state index contributed by atoms with van der Waals surface area (Å²) in [5.41, 5.74) is 1.11. The van der Waals surface area contributed by atoms with Gasteiger partial charge in [-0.25, -0.2) is 4.39 Å². The van der Waals surface area contributed by atoms with Crippen molar-refractivity contribution in [2.45, 2.75) is 6.54 Å². The Labute approximate surface area is 112 Å². The predicted octanol–water partition coefficient (Wildman–Crippen LogP) is 3.88. The monoisotopic (exact) mass is 347 g/mol. The molecule has 2 rings (SSSR count). The highest BCUT2D eigenvalue weighted by Crippen LogP contribution is 2.31. The van der Waals surface area contributed by atoms with Crippen molar-refractivity contribution in [1.29, 1.82) is 0 Å². The van der Waals surface area contributed by atoms with E-state index in [4.69, 9.17) is 0 Å². The van der Waals surface area contributed by atoms with Gasteiger partial charge in [0.25, 0.3) is 0 Å². The van der Waals surface area contributed by atoms with Crippen LogP contribution in [0.5, 0.6) is 0 Å². The first kappa shape index (κ1) is 12.0. The van der Waals surface area contributed by atoms with Crippen molar-refractivity contribution in [2.24, 2.45) is 0 Å². The molecule has 16 heavy (non-hydrogen) atoms. The van der Waals surface area contributed by atoms with Crippen LogP contribution < -0.4 is 5.32 Å². The van der Waals surface area contributed by atoms with Gasteiger partial charge in [-0.3, -0.25) is 0 Å². The zero-order valence-electron chi connectivity index (χ0n) is 8.76. The van der Waals surface area contributed by atoms with E-state index in [9.17, 15) is 4.39 Å². The maximum absolute atomic E-state index is 13.0. The highest BCUT2D eigenvalue weighted by atomic mass is 127. The van der Waals surface area contributed by atoms with Gasteiger partial charge in [0.2, 0.25) is 0 Å². The molecule has 1 nitrogen and oxygen atoms in total. The Morgan fingerprint density at radius 2 is 2.12 bits per heavy atom. The van der Waals surface area contributed by atoms with Gasteiger partial charge in [0.05, 0.1) is 0 Å². The largest absolute Gasteiger partial charge is 0.315 e. The van der Waals surface area contributed by atoms with Crippen LogP contribution >= 0.6 is 33.9 Å². The lowest BCUT2D eigenvalue weighted by Crippen LogP contribution is -2.02. The minimum absolute atomic E-state index is 0.180. The van der Waals surface area contributed by atoms with Crippen molar-refractivity contribution in [1.82, 2.24) is 5.32 Å². The quantitative estimate of drug-likeness (QED) is 0.831. The van der Waals surface area contributed by atoms with E-state index in [1.54, 1.807) is 17.4 Å². The Balaban J connectivity index is 2.35. The lowest BCUT2D eigenvalue weighted by Gasteiger charge is -2.01. The lowest BCUT2D eigenvalue weighted by atomic mass is 10.2. The molecule has 1 N–H and O–H groups in total. The Morgan fingerprint density at radius 3 is 2.81 bits per heavy atom. The van der Waals surface area contributed by atoms with Crippen molar-refractivity contribution in [3.05, 3.63) is 44.6 Å². The number of halogens is 2. The summed E-state index contributed by atoms with van der Waals surface area (Å²) < 4.78 is 13.9. The van der Waals surface area contributed by atoms with Crippen molar-refractivity contribution < 1.29 is 4.39 Å². The first-order chi connectivity index (χ1) is 7.70. The van der Waals surface area contributed by atoms with E-state index < -0.39 is 0 Å². The van der Waals surface area contributed by atoms with Crippen LogP contribution in [0.3, 0.4) is 0 Å². The molecular formula is C12H11FINS. The van der Waals surface area contributed by atoms with Gasteiger partial charge in [0, 0.05) is 25.4 Å².